The van der Waals surface area contributed by atoms with Gasteiger partial charge in [-0.3, -0.25) is 14.4 Å². The third-order valence-electron chi connectivity index (χ3n) is 7.42. The number of hydrogen-bond donors (Lipinski definition) is 6. The molecule has 5 atom stereocenters. The number of carbonyl (C=O) groups excluding carboxylic acids is 4. The fourth-order valence-corrected chi connectivity index (χ4v) is 5.20. The van der Waals surface area contributed by atoms with Crippen molar-refractivity contribution in [3.05, 3.63) is 0 Å². The summed E-state index contributed by atoms with van der Waals surface area (Å²) in [6.07, 6.45) is 1.99. The number of nitrogens with one attached hydrogen (secondary N) is 5. The lowest BCUT2D eigenvalue weighted by atomic mass is 10.0. The van der Waals surface area contributed by atoms with Crippen LogP contribution in [-0.2, 0) is 14.4 Å². The molecule has 3 aliphatic rings. The monoisotopic (exact) mass is 523 g/mol. The van der Waals surface area contributed by atoms with Crippen molar-refractivity contribution in [3.63, 3.8) is 0 Å². The molecule has 3 aliphatic heterocycles. The van der Waals surface area contributed by atoms with Gasteiger partial charge in [-0.2, -0.15) is 0 Å². The van der Waals surface area contributed by atoms with E-state index in [0.29, 0.717) is 25.8 Å². The maximum absolute atomic E-state index is 13.1. The van der Waals surface area contributed by atoms with Crippen LogP contribution in [0.2, 0.25) is 0 Å². The molecule has 0 spiro atoms. The molecule has 0 aliphatic carbocycles. The van der Waals surface area contributed by atoms with Crippen LogP contribution < -0.4 is 26.6 Å². The van der Waals surface area contributed by atoms with Gasteiger partial charge in [-0.1, -0.05) is 0 Å². The molecule has 0 unspecified atom stereocenters. The second-order valence-corrected chi connectivity index (χ2v) is 11.1. The molecule has 3 saturated heterocycles. The van der Waals surface area contributed by atoms with E-state index in [0.717, 1.165) is 25.9 Å². The van der Waals surface area contributed by atoms with Crippen LogP contribution in [0.1, 0.15) is 59.3 Å². The molecule has 12 heteroatoms. The van der Waals surface area contributed by atoms with E-state index in [1.165, 1.54) is 4.90 Å². The Kier molecular flexibility index (Phi) is 10.5. The quantitative estimate of drug-likeness (QED) is 0.274. The zero-order valence-electron chi connectivity index (χ0n) is 22.6. The van der Waals surface area contributed by atoms with Crippen molar-refractivity contribution in [1.29, 1.82) is 0 Å². The molecule has 0 aromatic carbocycles. The van der Waals surface area contributed by atoms with Crippen LogP contribution in [0.15, 0.2) is 0 Å². The number of hydrogen-bond acceptors (Lipinski definition) is 7. The molecule has 3 heterocycles. The second kappa shape index (κ2) is 13.4. The lowest BCUT2D eigenvalue weighted by molar-refractivity contribution is -0.128. The molecular formula is C25H45N7O5. The highest BCUT2D eigenvalue weighted by Crippen LogP contribution is 2.20. The SMILES string of the molecule is CC(C)NC(=O)N1C[C@H]2C[C@H]1C(=O)NCCC[C@H](NC1CCN(C)CC1)C(=O)N[C@@H](C)[C@@H](O)CC(=O)N2. The smallest absolute Gasteiger partial charge is 0.318 e. The molecule has 12 nitrogen and oxygen atoms in total. The Morgan fingerprint density at radius 3 is 2.46 bits per heavy atom. The predicted octanol–water partition coefficient (Wildman–Crippen LogP) is -1.12. The fourth-order valence-electron chi connectivity index (χ4n) is 5.20. The summed E-state index contributed by atoms with van der Waals surface area (Å²) in [4.78, 5) is 55.3. The first kappa shape index (κ1) is 29.1. The highest BCUT2D eigenvalue weighted by atomic mass is 16.3. The Hall–Kier alpha value is -2.44. The third kappa shape index (κ3) is 8.54. The number of urea groups is 1. The third-order valence-corrected chi connectivity index (χ3v) is 7.42. The van der Waals surface area contributed by atoms with Gasteiger partial charge in [0.2, 0.25) is 17.7 Å². The van der Waals surface area contributed by atoms with Crippen molar-refractivity contribution < 1.29 is 24.3 Å². The minimum atomic E-state index is -1.07. The van der Waals surface area contributed by atoms with Gasteiger partial charge in [0.1, 0.15) is 6.04 Å². The van der Waals surface area contributed by atoms with Gasteiger partial charge in [0.25, 0.3) is 0 Å². The van der Waals surface area contributed by atoms with Gasteiger partial charge in [0, 0.05) is 31.2 Å². The van der Waals surface area contributed by atoms with Crippen LogP contribution in [0.5, 0.6) is 0 Å². The molecule has 210 valence electrons. The highest BCUT2D eigenvalue weighted by Gasteiger charge is 2.40. The highest BCUT2D eigenvalue weighted by molar-refractivity contribution is 5.88. The van der Waals surface area contributed by atoms with Gasteiger partial charge in [0.15, 0.2) is 0 Å². The van der Waals surface area contributed by atoms with E-state index in [1.54, 1.807) is 6.92 Å². The van der Waals surface area contributed by atoms with Crippen molar-refractivity contribution in [2.75, 3.05) is 33.2 Å². The van der Waals surface area contributed by atoms with Gasteiger partial charge < -0.3 is 41.5 Å². The minimum absolute atomic E-state index is 0.0953. The van der Waals surface area contributed by atoms with E-state index in [4.69, 9.17) is 0 Å². The zero-order chi connectivity index (χ0) is 27.1. The van der Waals surface area contributed by atoms with Crippen molar-refractivity contribution in [2.45, 2.75) is 102 Å². The predicted molar refractivity (Wildman–Crippen MR) is 139 cm³/mol. The lowest BCUT2D eigenvalue weighted by Crippen LogP contribution is -2.54. The molecule has 3 rings (SSSR count). The van der Waals surface area contributed by atoms with Crippen LogP contribution in [0.3, 0.4) is 0 Å². The number of aliphatic hydroxyl groups excluding tert-OH is 1. The standard InChI is InChI=1S/C25H45N7O5/c1-15(2)27-25(37)32-14-18-12-20(32)24(36)26-9-5-6-19(29-17-7-10-31(4)11-8-17)23(35)28-16(3)21(33)13-22(34)30-18/h15-21,29,33H,5-14H2,1-4H3,(H,26,36)(H,27,37)(H,28,35)(H,30,34)/t16-,18+,19-,20-,21-/m0/s1. The van der Waals surface area contributed by atoms with E-state index in [9.17, 15) is 24.3 Å². The Labute approximate surface area is 219 Å². The van der Waals surface area contributed by atoms with Crippen molar-refractivity contribution >= 4 is 23.8 Å². The van der Waals surface area contributed by atoms with Gasteiger partial charge in [0.05, 0.1) is 24.6 Å². The summed E-state index contributed by atoms with van der Waals surface area (Å²) in [5.74, 6) is -0.890. The summed E-state index contributed by atoms with van der Waals surface area (Å²) in [5, 5.41) is 25.6. The van der Waals surface area contributed by atoms with Gasteiger partial charge in [-0.05, 0) is 73.0 Å². The second-order valence-electron chi connectivity index (χ2n) is 11.1. The number of carbonyl (C=O) groups is 4. The van der Waals surface area contributed by atoms with Gasteiger partial charge in [-0.25, -0.2) is 4.79 Å². The van der Waals surface area contributed by atoms with E-state index < -0.39 is 36.2 Å². The van der Waals surface area contributed by atoms with E-state index in [-0.39, 0.29) is 42.9 Å². The molecule has 3 fully saturated rings. The summed E-state index contributed by atoms with van der Waals surface area (Å²) in [5.41, 5.74) is 0. The summed E-state index contributed by atoms with van der Waals surface area (Å²) >= 11 is 0. The summed E-state index contributed by atoms with van der Waals surface area (Å²) in [6, 6.07) is -2.45. The molecule has 0 saturated carbocycles. The molecule has 0 radical (unpaired) electrons. The molecule has 2 bridgehead atoms. The minimum Gasteiger partial charge on any atom is -0.390 e. The first-order valence-corrected chi connectivity index (χ1v) is 13.6. The summed E-state index contributed by atoms with van der Waals surface area (Å²) in [6.45, 7) is 7.85. The maximum Gasteiger partial charge on any atom is 0.318 e. The average molecular weight is 524 g/mol. The largest absolute Gasteiger partial charge is 0.390 e. The van der Waals surface area contributed by atoms with Crippen molar-refractivity contribution in [2.24, 2.45) is 0 Å². The molecule has 5 amide bonds. The summed E-state index contributed by atoms with van der Waals surface area (Å²) in [7, 11) is 2.08. The summed E-state index contributed by atoms with van der Waals surface area (Å²) < 4.78 is 0. The molecule has 6 N–H and O–H groups in total. The Bertz CT molecular complexity index is 817. The van der Waals surface area contributed by atoms with E-state index in [1.807, 2.05) is 13.8 Å². The number of nitrogens with zero attached hydrogens (tertiary/aromatic N) is 2. The fraction of sp³-hybridized carbons (Fsp3) is 0.840. The van der Waals surface area contributed by atoms with E-state index >= 15 is 0 Å². The Balaban J connectivity index is 1.72. The van der Waals surface area contributed by atoms with Crippen LogP contribution in [0.25, 0.3) is 0 Å². The molecule has 0 aromatic rings. The van der Waals surface area contributed by atoms with Crippen LogP contribution in [0, 0.1) is 0 Å². The van der Waals surface area contributed by atoms with Crippen LogP contribution >= 0.6 is 0 Å². The normalized spacial score (nSPS) is 31.6. The Morgan fingerprint density at radius 2 is 1.78 bits per heavy atom. The number of aliphatic hydroxyl groups is 1. The van der Waals surface area contributed by atoms with Crippen LogP contribution in [0.4, 0.5) is 4.79 Å². The van der Waals surface area contributed by atoms with Crippen LogP contribution in [-0.4, -0.2) is 114 Å². The number of piperidine rings is 1. The maximum atomic E-state index is 13.1. The van der Waals surface area contributed by atoms with Gasteiger partial charge in [-0.15, -0.1) is 0 Å². The number of amides is 5. The van der Waals surface area contributed by atoms with Crippen molar-refractivity contribution in [1.82, 2.24) is 36.4 Å². The average Bonchev–Trinajstić information content (AvgIpc) is 3.24. The first-order chi connectivity index (χ1) is 17.5. The Morgan fingerprint density at radius 1 is 1.08 bits per heavy atom. The molecule has 0 aromatic heterocycles. The number of likely N-dealkylation sites (tertiary alicyclic amines) is 2. The zero-order valence-corrected chi connectivity index (χ0v) is 22.6. The van der Waals surface area contributed by atoms with E-state index in [2.05, 4.69) is 38.5 Å². The number of rotatable bonds is 3. The molecular weight excluding hydrogens is 478 g/mol. The van der Waals surface area contributed by atoms with Gasteiger partial charge >= 0.3 is 6.03 Å². The number of fused-ring (bicyclic) bond motifs is 2. The van der Waals surface area contributed by atoms with Crippen molar-refractivity contribution in [3.8, 4) is 0 Å². The lowest BCUT2D eigenvalue weighted by Gasteiger charge is -2.33. The molecule has 37 heavy (non-hydrogen) atoms. The topological polar surface area (TPSA) is 155 Å². The first-order valence-electron chi connectivity index (χ1n) is 13.6.